The molecule has 1 aromatic heterocycles. The minimum Gasteiger partial charge on any atom is -0.479 e. The molecule has 2 atom stereocenters. The van der Waals surface area contributed by atoms with Crippen LogP contribution in [-0.2, 0) is 15.1 Å². The van der Waals surface area contributed by atoms with Crippen LogP contribution in [0.15, 0.2) is 24.3 Å². The molecular formula is C17H15N3O5S. The molecule has 2 fully saturated rings. The molecule has 2 aliphatic rings. The van der Waals surface area contributed by atoms with Crippen LogP contribution in [0.1, 0.15) is 36.5 Å². The Morgan fingerprint density at radius 3 is 2.35 bits per heavy atom. The topological polar surface area (TPSA) is 121 Å². The maximum absolute atomic E-state index is 12.5. The largest absolute Gasteiger partial charge is 0.479 e. The van der Waals surface area contributed by atoms with Gasteiger partial charge in [-0.25, -0.2) is 19.6 Å². The van der Waals surface area contributed by atoms with Gasteiger partial charge in [0.25, 0.3) is 0 Å². The van der Waals surface area contributed by atoms with Crippen LogP contribution in [-0.4, -0.2) is 53.0 Å². The molecular weight excluding hydrogens is 358 g/mol. The Morgan fingerprint density at radius 2 is 1.81 bits per heavy atom. The van der Waals surface area contributed by atoms with Gasteiger partial charge in [-0.1, -0.05) is 12.1 Å². The molecule has 26 heavy (non-hydrogen) atoms. The number of rotatable bonds is 3. The Balaban J connectivity index is 2.10. The van der Waals surface area contributed by atoms with Gasteiger partial charge in [-0.2, -0.15) is 0 Å². The number of carbonyl (C=O) groups is 3. The van der Waals surface area contributed by atoms with Crippen molar-refractivity contribution in [1.29, 1.82) is 0 Å². The summed E-state index contributed by atoms with van der Waals surface area (Å²) in [5, 5.41) is 19.6. The molecule has 8 nitrogen and oxygen atoms in total. The molecule has 9 heteroatoms. The third-order valence-electron chi connectivity index (χ3n) is 4.99. The lowest BCUT2D eigenvalue weighted by molar-refractivity contribution is -0.169. The Kier molecular flexibility index (Phi) is 3.33. The van der Waals surface area contributed by atoms with Crippen LogP contribution in [0.5, 0.6) is 0 Å². The van der Waals surface area contributed by atoms with Crippen molar-refractivity contribution in [2.24, 2.45) is 0 Å². The number of nitrogens with zero attached hydrogens (tertiary/aromatic N) is 3. The number of aromatic nitrogens is 2. The van der Waals surface area contributed by atoms with Crippen LogP contribution in [0.3, 0.4) is 0 Å². The predicted molar refractivity (Wildman–Crippen MR) is 92.7 cm³/mol. The second-order valence-electron chi connectivity index (χ2n) is 6.78. The van der Waals surface area contributed by atoms with Gasteiger partial charge in [0, 0.05) is 0 Å². The summed E-state index contributed by atoms with van der Waals surface area (Å²) in [6, 6.07) is 6.65. The Bertz CT molecular complexity index is 992. The molecule has 1 amide bonds. The molecule has 0 spiro atoms. The first-order valence-corrected chi connectivity index (χ1v) is 8.82. The van der Waals surface area contributed by atoms with E-state index >= 15 is 0 Å². The molecule has 1 aromatic carbocycles. The van der Waals surface area contributed by atoms with E-state index in [1.54, 1.807) is 38.1 Å². The minimum atomic E-state index is -1.90. The van der Waals surface area contributed by atoms with Gasteiger partial charge in [0.1, 0.15) is 5.69 Å². The third kappa shape index (κ3) is 1.89. The molecule has 134 valence electrons. The number of aliphatic carboxylic acids is 1. The first kappa shape index (κ1) is 16.8. The van der Waals surface area contributed by atoms with E-state index in [4.69, 9.17) is 0 Å². The normalized spacial score (nSPS) is 26.5. The number of hydrogen-bond acceptors (Lipinski definition) is 6. The first-order valence-electron chi connectivity index (χ1n) is 7.94. The predicted octanol–water partition coefficient (Wildman–Crippen LogP) is 1.69. The number of carboxylic acid groups (broad SMARTS) is 2. The van der Waals surface area contributed by atoms with E-state index in [0.717, 1.165) is 0 Å². The monoisotopic (exact) mass is 373 g/mol. The Morgan fingerprint density at radius 1 is 1.19 bits per heavy atom. The molecule has 2 saturated heterocycles. The van der Waals surface area contributed by atoms with Crippen LogP contribution in [0.2, 0.25) is 0 Å². The van der Waals surface area contributed by atoms with E-state index in [1.807, 2.05) is 0 Å². The number of thioether (sulfide) groups is 1. The maximum atomic E-state index is 12.5. The summed E-state index contributed by atoms with van der Waals surface area (Å²) in [7, 11) is 0. The van der Waals surface area contributed by atoms with Crippen molar-refractivity contribution in [3.05, 3.63) is 35.7 Å². The van der Waals surface area contributed by atoms with Crippen LogP contribution in [0, 0.1) is 0 Å². The third-order valence-corrected chi connectivity index (χ3v) is 6.53. The molecule has 2 aromatic rings. The SMILES string of the molecule is CC1(C)S[C@@H]2CC(=O)N2[C@]1(C(=O)O)c1nc2ccccc2nc1C(=O)O. The highest BCUT2D eigenvalue weighted by Crippen LogP contribution is 2.61. The van der Waals surface area contributed by atoms with E-state index in [2.05, 4.69) is 9.97 Å². The number of aromatic carboxylic acids is 1. The number of para-hydroxylation sites is 2. The number of β-lactam (4-membered cyclic amide) rings is 1. The standard InChI is InChI=1S/C17H15N3O5S/c1-16(2)17(15(24)25,20-10(21)7-11(20)26-16)13-12(14(22)23)18-8-5-3-4-6-9(8)19-13/h3-6,11H,7H2,1-2H3,(H,22,23)(H,24,25)/t11-,17+/m1/s1. The quantitative estimate of drug-likeness (QED) is 0.780. The van der Waals surface area contributed by atoms with Crippen molar-refractivity contribution in [3.63, 3.8) is 0 Å². The number of hydrogen-bond donors (Lipinski definition) is 2. The van der Waals surface area contributed by atoms with E-state index < -0.39 is 27.9 Å². The number of carbonyl (C=O) groups excluding carboxylic acids is 1. The molecule has 0 bridgehead atoms. The summed E-state index contributed by atoms with van der Waals surface area (Å²) >= 11 is 1.34. The fraction of sp³-hybridized carbons (Fsp3) is 0.353. The van der Waals surface area contributed by atoms with Crippen molar-refractivity contribution < 1.29 is 24.6 Å². The van der Waals surface area contributed by atoms with E-state index in [9.17, 15) is 24.6 Å². The van der Waals surface area contributed by atoms with Crippen molar-refractivity contribution in [1.82, 2.24) is 14.9 Å². The highest BCUT2D eigenvalue weighted by atomic mass is 32.2. The molecule has 4 rings (SSSR count). The van der Waals surface area contributed by atoms with Crippen LogP contribution in [0.25, 0.3) is 11.0 Å². The van der Waals surface area contributed by atoms with Crippen molar-refractivity contribution >= 4 is 40.6 Å². The van der Waals surface area contributed by atoms with Crippen LogP contribution >= 0.6 is 11.8 Å². The average Bonchev–Trinajstić information content (AvgIpc) is 2.76. The highest BCUT2D eigenvalue weighted by Gasteiger charge is 2.72. The lowest BCUT2D eigenvalue weighted by Gasteiger charge is -2.46. The maximum Gasteiger partial charge on any atom is 0.356 e. The zero-order valence-electron chi connectivity index (χ0n) is 14.0. The summed E-state index contributed by atoms with van der Waals surface area (Å²) in [5.41, 5.74) is -1.82. The average molecular weight is 373 g/mol. The number of fused-ring (bicyclic) bond motifs is 2. The zero-order chi connectivity index (χ0) is 18.9. The molecule has 0 saturated carbocycles. The molecule has 2 aliphatic heterocycles. The molecule has 0 aliphatic carbocycles. The van der Waals surface area contributed by atoms with Crippen molar-refractivity contribution in [2.75, 3.05) is 0 Å². The van der Waals surface area contributed by atoms with Crippen molar-refractivity contribution in [2.45, 2.75) is 35.9 Å². The van der Waals surface area contributed by atoms with Gasteiger partial charge in [0.2, 0.25) is 11.4 Å². The van der Waals surface area contributed by atoms with Gasteiger partial charge in [0.05, 0.1) is 27.6 Å². The fourth-order valence-corrected chi connectivity index (χ4v) is 5.60. The minimum absolute atomic E-state index is 0.204. The summed E-state index contributed by atoms with van der Waals surface area (Å²) in [6.07, 6.45) is 0.229. The van der Waals surface area contributed by atoms with Crippen LogP contribution in [0.4, 0.5) is 0 Å². The second kappa shape index (κ2) is 5.16. The molecule has 3 heterocycles. The van der Waals surface area contributed by atoms with Gasteiger partial charge in [0.15, 0.2) is 5.69 Å². The van der Waals surface area contributed by atoms with E-state index in [0.29, 0.717) is 11.0 Å². The summed E-state index contributed by atoms with van der Waals surface area (Å²) in [4.78, 5) is 46.5. The molecule has 0 unspecified atom stereocenters. The molecule has 2 N–H and O–H groups in total. The van der Waals surface area contributed by atoms with Gasteiger partial charge in [-0.05, 0) is 26.0 Å². The first-order chi connectivity index (χ1) is 12.2. The van der Waals surface area contributed by atoms with E-state index in [1.165, 1.54) is 16.7 Å². The van der Waals surface area contributed by atoms with Gasteiger partial charge in [-0.3, -0.25) is 4.79 Å². The molecule has 0 radical (unpaired) electrons. The van der Waals surface area contributed by atoms with Gasteiger partial charge in [-0.15, -0.1) is 11.8 Å². The summed E-state index contributed by atoms with van der Waals surface area (Å²) in [5.74, 6) is -3.02. The van der Waals surface area contributed by atoms with Crippen molar-refractivity contribution in [3.8, 4) is 0 Å². The lowest BCUT2D eigenvalue weighted by atomic mass is 9.77. The summed E-state index contributed by atoms with van der Waals surface area (Å²) < 4.78 is -0.989. The lowest BCUT2D eigenvalue weighted by Crippen LogP contribution is -2.65. The Hall–Kier alpha value is -2.68. The van der Waals surface area contributed by atoms with Crippen LogP contribution < -0.4 is 0 Å². The summed E-state index contributed by atoms with van der Waals surface area (Å²) in [6.45, 7) is 3.39. The number of amides is 1. The highest BCUT2D eigenvalue weighted by molar-refractivity contribution is 8.01. The zero-order valence-corrected chi connectivity index (χ0v) is 14.8. The van der Waals surface area contributed by atoms with Gasteiger partial charge < -0.3 is 15.1 Å². The Labute approximate surface area is 152 Å². The smallest absolute Gasteiger partial charge is 0.356 e. The second-order valence-corrected chi connectivity index (χ2v) is 8.58. The number of carboxylic acids is 2. The van der Waals surface area contributed by atoms with E-state index in [-0.39, 0.29) is 23.4 Å². The van der Waals surface area contributed by atoms with Gasteiger partial charge >= 0.3 is 11.9 Å². The fourth-order valence-electron chi connectivity index (χ4n) is 3.86. The number of benzene rings is 1.